The fourth-order valence-corrected chi connectivity index (χ4v) is 4.24. The van der Waals surface area contributed by atoms with E-state index in [1.807, 2.05) is 91.0 Å². The Labute approximate surface area is 211 Å². The molecule has 1 heterocycles. The van der Waals surface area contributed by atoms with Gasteiger partial charge in [0.05, 0.1) is 33.5 Å². The van der Waals surface area contributed by atoms with E-state index in [0.717, 1.165) is 16.7 Å². The van der Waals surface area contributed by atoms with Crippen molar-refractivity contribution in [1.29, 1.82) is 0 Å². The Morgan fingerprint density at radius 2 is 1.11 bits per heavy atom. The van der Waals surface area contributed by atoms with Crippen LogP contribution >= 0.6 is 0 Å². The second-order valence-corrected chi connectivity index (χ2v) is 8.58. The maximum atomic E-state index is 12.8. The summed E-state index contributed by atoms with van der Waals surface area (Å²) in [6.45, 7) is 0.436. The fraction of sp³-hybridized carbons (Fsp3) is 0.345. The Balaban J connectivity index is 1.61. The summed E-state index contributed by atoms with van der Waals surface area (Å²) in [5.74, 6) is -0.596. The SMILES string of the molecule is COC(=O)[C@@H]1O[C@H](CO)[C@@H](OCc2ccccc2)[C@H](OCc2ccccc2)[C@H]1OCc1ccccc1. The number of rotatable bonds is 11. The molecule has 3 aromatic carbocycles. The predicted molar refractivity (Wildman–Crippen MR) is 133 cm³/mol. The van der Waals surface area contributed by atoms with Crippen LogP contribution in [0.1, 0.15) is 16.7 Å². The van der Waals surface area contributed by atoms with Crippen LogP contribution in [-0.4, -0.2) is 55.3 Å². The van der Waals surface area contributed by atoms with Crippen LogP contribution in [0.25, 0.3) is 0 Å². The maximum Gasteiger partial charge on any atom is 0.337 e. The summed E-state index contributed by atoms with van der Waals surface area (Å²) in [7, 11) is 1.30. The van der Waals surface area contributed by atoms with Crippen molar-refractivity contribution in [2.45, 2.75) is 50.3 Å². The Morgan fingerprint density at radius 1 is 0.694 bits per heavy atom. The van der Waals surface area contributed by atoms with E-state index >= 15 is 0 Å². The molecule has 1 aliphatic heterocycles. The van der Waals surface area contributed by atoms with Gasteiger partial charge in [0.2, 0.25) is 0 Å². The highest BCUT2D eigenvalue weighted by atomic mass is 16.6. The van der Waals surface area contributed by atoms with Crippen molar-refractivity contribution in [3.8, 4) is 0 Å². The van der Waals surface area contributed by atoms with Crippen LogP contribution in [0.15, 0.2) is 91.0 Å². The highest BCUT2D eigenvalue weighted by Gasteiger charge is 2.51. The first-order valence-corrected chi connectivity index (χ1v) is 12.0. The van der Waals surface area contributed by atoms with E-state index in [4.69, 9.17) is 23.7 Å². The standard InChI is InChI=1S/C29H32O7/c1-32-29(31)28-27(35-20-23-15-9-4-10-16-23)26(34-19-22-13-7-3-8-14-22)25(24(17-30)36-28)33-18-21-11-5-2-6-12-21/h2-16,24-28,30H,17-20H2,1H3/t24-,25-,26+,27-,28-/m1/s1. The van der Waals surface area contributed by atoms with Crippen molar-refractivity contribution >= 4 is 5.97 Å². The van der Waals surface area contributed by atoms with Gasteiger partial charge in [0.15, 0.2) is 6.10 Å². The molecule has 1 fully saturated rings. The third-order valence-electron chi connectivity index (χ3n) is 6.10. The molecule has 36 heavy (non-hydrogen) atoms. The molecule has 0 spiro atoms. The average molecular weight is 493 g/mol. The van der Waals surface area contributed by atoms with Crippen molar-refractivity contribution in [2.24, 2.45) is 0 Å². The van der Waals surface area contributed by atoms with Crippen molar-refractivity contribution in [2.75, 3.05) is 13.7 Å². The molecule has 4 rings (SSSR count). The molecule has 7 nitrogen and oxygen atoms in total. The van der Waals surface area contributed by atoms with E-state index in [9.17, 15) is 9.90 Å². The molecule has 7 heteroatoms. The molecule has 0 amide bonds. The number of carbonyl (C=O) groups excluding carboxylic acids is 1. The summed E-state index contributed by atoms with van der Waals surface area (Å²) in [6, 6.07) is 29.1. The molecule has 5 atom stereocenters. The number of hydrogen-bond donors (Lipinski definition) is 1. The molecule has 0 aromatic heterocycles. The molecule has 0 bridgehead atoms. The number of hydrogen-bond acceptors (Lipinski definition) is 7. The minimum Gasteiger partial charge on any atom is -0.467 e. The van der Waals surface area contributed by atoms with Gasteiger partial charge in [-0.25, -0.2) is 4.79 Å². The molecule has 1 aliphatic rings. The normalized spacial score (nSPS) is 23.8. The smallest absolute Gasteiger partial charge is 0.337 e. The molecule has 0 saturated carbocycles. The number of methoxy groups -OCH3 is 1. The second kappa shape index (κ2) is 13.3. The number of carbonyl (C=O) groups is 1. The number of ether oxygens (including phenoxy) is 5. The van der Waals surface area contributed by atoms with Crippen molar-refractivity contribution in [1.82, 2.24) is 0 Å². The van der Waals surface area contributed by atoms with Gasteiger partial charge in [-0.3, -0.25) is 0 Å². The zero-order valence-corrected chi connectivity index (χ0v) is 20.3. The molecule has 0 unspecified atom stereocenters. The monoisotopic (exact) mass is 492 g/mol. The second-order valence-electron chi connectivity index (χ2n) is 8.58. The molecule has 0 aliphatic carbocycles. The van der Waals surface area contributed by atoms with Crippen LogP contribution in [0, 0.1) is 0 Å². The Hall–Kier alpha value is -3.07. The molecule has 190 valence electrons. The van der Waals surface area contributed by atoms with Gasteiger partial charge in [0, 0.05) is 0 Å². The molecule has 0 radical (unpaired) electrons. The number of aliphatic hydroxyl groups excluding tert-OH is 1. The van der Waals surface area contributed by atoms with E-state index in [2.05, 4.69) is 0 Å². The lowest BCUT2D eigenvalue weighted by Gasteiger charge is -2.44. The maximum absolute atomic E-state index is 12.8. The number of benzene rings is 3. The zero-order valence-electron chi connectivity index (χ0n) is 20.3. The van der Waals surface area contributed by atoms with Crippen LogP contribution in [0.3, 0.4) is 0 Å². The topological polar surface area (TPSA) is 83.5 Å². The largest absolute Gasteiger partial charge is 0.467 e. The Kier molecular flexibility index (Phi) is 9.61. The van der Waals surface area contributed by atoms with Gasteiger partial charge in [-0.15, -0.1) is 0 Å². The van der Waals surface area contributed by atoms with E-state index in [1.165, 1.54) is 7.11 Å². The van der Waals surface area contributed by atoms with Crippen LogP contribution in [0.4, 0.5) is 0 Å². The van der Waals surface area contributed by atoms with Crippen molar-refractivity contribution in [3.63, 3.8) is 0 Å². The summed E-state index contributed by atoms with van der Waals surface area (Å²) >= 11 is 0. The van der Waals surface area contributed by atoms with Crippen LogP contribution in [-0.2, 0) is 48.3 Å². The van der Waals surface area contributed by atoms with Crippen LogP contribution in [0.5, 0.6) is 0 Å². The van der Waals surface area contributed by atoms with Crippen LogP contribution in [0.2, 0.25) is 0 Å². The predicted octanol–water partition coefficient (Wildman–Crippen LogP) is 3.68. The summed E-state index contributed by atoms with van der Waals surface area (Å²) in [4.78, 5) is 12.8. The van der Waals surface area contributed by atoms with Gasteiger partial charge >= 0.3 is 5.97 Å². The Morgan fingerprint density at radius 3 is 1.53 bits per heavy atom. The van der Waals surface area contributed by atoms with Gasteiger partial charge in [0.25, 0.3) is 0 Å². The number of aliphatic hydroxyl groups is 1. The van der Waals surface area contributed by atoms with E-state index in [0.29, 0.717) is 0 Å². The van der Waals surface area contributed by atoms with Crippen molar-refractivity contribution in [3.05, 3.63) is 108 Å². The minimum absolute atomic E-state index is 0.239. The van der Waals surface area contributed by atoms with E-state index in [-0.39, 0.29) is 26.4 Å². The lowest BCUT2D eigenvalue weighted by Crippen LogP contribution is -2.63. The van der Waals surface area contributed by atoms with Gasteiger partial charge in [-0.2, -0.15) is 0 Å². The number of esters is 1. The highest BCUT2D eigenvalue weighted by Crippen LogP contribution is 2.31. The third kappa shape index (κ3) is 6.78. The van der Waals surface area contributed by atoms with Crippen molar-refractivity contribution < 1.29 is 33.6 Å². The molecular weight excluding hydrogens is 460 g/mol. The third-order valence-corrected chi connectivity index (χ3v) is 6.10. The summed E-state index contributed by atoms with van der Waals surface area (Å²) < 4.78 is 30.0. The molecule has 1 saturated heterocycles. The zero-order chi connectivity index (χ0) is 25.2. The van der Waals surface area contributed by atoms with Gasteiger partial charge in [-0.1, -0.05) is 91.0 Å². The molecular formula is C29H32O7. The molecule has 3 aromatic rings. The van der Waals surface area contributed by atoms with Gasteiger partial charge in [-0.05, 0) is 16.7 Å². The van der Waals surface area contributed by atoms with Crippen LogP contribution < -0.4 is 0 Å². The lowest BCUT2D eigenvalue weighted by atomic mass is 9.94. The summed E-state index contributed by atoms with van der Waals surface area (Å²) in [5, 5.41) is 10.2. The van der Waals surface area contributed by atoms with E-state index < -0.39 is 36.5 Å². The first kappa shape index (κ1) is 26.0. The fourth-order valence-electron chi connectivity index (χ4n) is 4.24. The van der Waals surface area contributed by atoms with E-state index in [1.54, 1.807) is 0 Å². The molecule has 1 N–H and O–H groups in total. The summed E-state index contributed by atoms with van der Waals surface area (Å²) in [5.41, 5.74) is 2.87. The first-order valence-electron chi connectivity index (χ1n) is 12.0. The summed E-state index contributed by atoms with van der Waals surface area (Å²) in [6.07, 6.45) is -4.14. The Bertz CT molecular complexity index is 1040. The quantitative estimate of drug-likeness (QED) is 0.409. The minimum atomic E-state index is -1.09. The lowest BCUT2D eigenvalue weighted by molar-refractivity contribution is -0.269. The highest BCUT2D eigenvalue weighted by molar-refractivity contribution is 5.75. The average Bonchev–Trinajstić information content (AvgIpc) is 2.94. The van der Waals surface area contributed by atoms with Gasteiger partial charge < -0.3 is 28.8 Å². The first-order chi connectivity index (χ1) is 17.7. The van der Waals surface area contributed by atoms with Gasteiger partial charge in [0.1, 0.15) is 24.4 Å².